The quantitative estimate of drug-likeness (QED) is 0.802. The molecule has 0 spiro atoms. The van der Waals surface area contributed by atoms with Gasteiger partial charge in [0.1, 0.15) is 5.82 Å². The zero-order valence-electron chi connectivity index (χ0n) is 15.1. The number of carbonyl (C=O) groups is 1. The van der Waals surface area contributed by atoms with Gasteiger partial charge in [0.15, 0.2) is 11.5 Å². The molecular formula is C17H24N4O4. The van der Waals surface area contributed by atoms with Crippen molar-refractivity contribution >= 4 is 6.03 Å². The third-order valence-corrected chi connectivity index (χ3v) is 3.82. The smallest absolute Gasteiger partial charge is 0.318 e. The van der Waals surface area contributed by atoms with Gasteiger partial charge in [-0.3, -0.25) is 0 Å². The number of benzene rings is 1. The van der Waals surface area contributed by atoms with E-state index in [0.29, 0.717) is 23.8 Å². The second kappa shape index (κ2) is 8.27. The summed E-state index contributed by atoms with van der Waals surface area (Å²) in [6.07, 6.45) is 3.37. The molecule has 0 bridgehead atoms. The fourth-order valence-electron chi connectivity index (χ4n) is 2.41. The highest BCUT2D eigenvalue weighted by Gasteiger charge is 2.19. The molecule has 1 unspecified atom stereocenters. The maximum atomic E-state index is 12.4. The Hall–Kier alpha value is -2.90. The number of amides is 2. The third-order valence-electron chi connectivity index (χ3n) is 3.82. The highest BCUT2D eigenvalue weighted by Crippen LogP contribution is 2.39. The standard InChI is InChI=1S/C17H24N4O4/c1-11(20-17(22)21(2)10-15-18-6-7-19-15)12-8-13(23-3)16(25-5)14(9-12)24-4/h6-9,11H,10H2,1-5H3,(H,18,19)(H,20,22). The van der Waals surface area contributed by atoms with Crippen LogP contribution in [0.5, 0.6) is 17.2 Å². The average Bonchev–Trinajstić information content (AvgIpc) is 3.12. The molecule has 25 heavy (non-hydrogen) atoms. The van der Waals surface area contributed by atoms with Gasteiger partial charge in [-0.05, 0) is 24.6 Å². The van der Waals surface area contributed by atoms with Crippen molar-refractivity contribution in [2.75, 3.05) is 28.4 Å². The van der Waals surface area contributed by atoms with Gasteiger partial charge in [-0.1, -0.05) is 0 Å². The fraction of sp³-hybridized carbons (Fsp3) is 0.412. The molecule has 0 saturated heterocycles. The first-order chi connectivity index (χ1) is 12.0. The number of hydrogen-bond donors (Lipinski definition) is 2. The van der Waals surface area contributed by atoms with Crippen molar-refractivity contribution in [2.45, 2.75) is 19.5 Å². The van der Waals surface area contributed by atoms with Crippen LogP contribution >= 0.6 is 0 Å². The van der Waals surface area contributed by atoms with Crippen molar-refractivity contribution in [2.24, 2.45) is 0 Å². The van der Waals surface area contributed by atoms with Gasteiger partial charge in [0, 0.05) is 19.4 Å². The Kier molecular flexibility index (Phi) is 6.10. The number of methoxy groups -OCH3 is 3. The maximum absolute atomic E-state index is 12.4. The average molecular weight is 348 g/mol. The van der Waals surface area contributed by atoms with Gasteiger partial charge < -0.3 is 29.4 Å². The number of urea groups is 1. The van der Waals surface area contributed by atoms with Crippen molar-refractivity contribution in [1.82, 2.24) is 20.2 Å². The number of hydrogen-bond acceptors (Lipinski definition) is 5. The van der Waals surface area contributed by atoms with Gasteiger partial charge in [-0.15, -0.1) is 0 Å². The zero-order chi connectivity index (χ0) is 18.4. The van der Waals surface area contributed by atoms with Crippen LogP contribution in [0.25, 0.3) is 0 Å². The largest absolute Gasteiger partial charge is 0.493 e. The normalized spacial score (nSPS) is 11.6. The lowest BCUT2D eigenvalue weighted by molar-refractivity contribution is 0.202. The third kappa shape index (κ3) is 4.34. The Labute approximate surface area is 147 Å². The van der Waals surface area contributed by atoms with Gasteiger partial charge in [0.2, 0.25) is 5.75 Å². The SMILES string of the molecule is COc1cc(C(C)NC(=O)N(C)Cc2ncc[nH]2)cc(OC)c1OC. The summed E-state index contributed by atoms with van der Waals surface area (Å²) in [5.41, 5.74) is 0.842. The van der Waals surface area contributed by atoms with Gasteiger partial charge in [-0.2, -0.15) is 0 Å². The Balaban J connectivity index is 2.11. The number of carbonyl (C=O) groups excluding carboxylic acids is 1. The number of nitrogens with one attached hydrogen (secondary N) is 2. The van der Waals surface area contributed by atoms with Crippen molar-refractivity contribution in [1.29, 1.82) is 0 Å². The van der Waals surface area contributed by atoms with Crippen LogP contribution in [0.1, 0.15) is 24.4 Å². The molecule has 1 aromatic carbocycles. The predicted molar refractivity (Wildman–Crippen MR) is 93.1 cm³/mol. The lowest BCUT2D eigenvalue weighted by Crippen LogP contribution is -2.38. The second-order valence-electron chi connectivity index (χ2n) is 5.52. The van der Waals surface area contributed by atoms with Crippen LogP contribution in [0.4, 0.5) is 4.79 Å². The van der Waals surface area contributed by atoms with E-state index in [-0.39, 0.29) is 12.1 Å². The molecule has 136 valence electrons. The molecule has 0 radical (unpaired) electrons. The molecule has 0 aliphatic rings. The Bertz CT molecular complexity index is 678. The van der Waals surface area contributed by atoms with Crippen LogP contribution in [0.15, 0.2) is 24.5 Å². The number of nitrogens with zero attached hydrogens (tertiary/aromatic N) is 2. The Morgan fingerprint density at radius 2 is 1.88 bits per heavy atom. The van der Waals surface area contributed by atoms with Crippen LogP contribution in [0.3, 0.4) is 0 Å². The summed E-state index contributed by atoms with van der Waals surface area (Å²) in [5.74, 6) is 2.32. The molecule has 2 N–H and O–H groups in total. The molecule has 0 aliphatic heterocycles. The van der Waals surface area contributed by atoms with E-state index in [2.05, 4.69) is 15.3 Å². The molecular weight excluding hydrogens is 324 g/mol. The number of ether oxygens (including phenoxy) is 3. The summed E-state index contributed by atoms with van der Waals surface area (Å²) < 4.78 is 16.0. The molecule has 8 nitrogen and oxygen atoms in total. The van der Waals surface area contributed by atoms with Crippen molar-refractivity contribution in [3.8, 4) is 17.2 Å². The summed E-state index contributed by atoms with van der Waals surface area (Å²) in [5, 5.41) is 2.94. The second-order valence-corrected chi connectivity index (χ2v) is 5.52. The molecule has 2 rings (SSSR count). The minimum atomic E-state index is -0.250. The van der Waals surface area contributed by atoms with Crippen LogP contribution in [0, 0.1) is 0 Å². The van der Waals surface area contributed by atoms with E-state index in [0.717, 1.165) is 11.4 Å². The van der Waals surface area contributed by atoms with E-state index in [9.17, 15) is 4.79 Å². The summed E-state index contributed by atoms with van der Waals surface area (Å²) in [6.45, 7) is 2.28. The first-order valence-electron chi connectivity index (χ1n) is 7.80. The molecule has 2 aromatic rings. The molecule has 0 saturated carbocycles. The van der Waals surface area contributed by atoms with Crippen LogP contribution < -0.4 is 19.5 Å². The van der Waals surface area contributed by atoms with Crippen molar-refractivity contribution in [3.63, 3.8) is 0 Å². The summed E-state index contributed by atoms with van der Waals surface area (Å²) in [7, 11) is 6.37. The van der Waals surface area contributed by atoms with E-state index in [1.807, 2.05) is 19.1 Å². The van der Waals surface area contributed by atoms with Crippen molar-refractivity contribution < 1.29 is 19.0 Å². The number of rotatable bonds is 7. The van der Waals surface area contributed by atoms with Crippen molar-refractivity contribution in [3.05, 3.63) is 35.9 Å². The topological polar surface area (TPSA) is 88.7 Å². The van der Waals surface area contributed by atoms with Gasteiger partial charge >= 0.3 is 6.03 Å². The molecule has 0 fully saturated rings. The monoisotopic (exact) mass is 348 g/mol. The van der Waals surface area contributed by atoms with Gasteiger partial charge in [0.05, 0.1) is 33.9 Å². The Morgan fingerprint density at radius 1 is 1.24 bits per heavy atom. The molecule has 1 aromatic heterocycles. The number of aromatic nitrogens is 2. The number of H-pyrrole nitrogens is 1. The van der Waals surface area contributed by atoms with E-state index >= 15 is 0 Å². The fourth-order valence-corrected chi connectivity index (χ4v) is 2.41. The minimum Gasteiger partial charge on any atom is -0.493 e. The van der Waals surface area contributed by atoms with Crippen LogP contribution in [-0.4, -0.2) is 49.3 Å². The predicted octanol–water partition coefficient (Wildman–Crippen LogP) is 2.34. The summed E-state index contributed by atoms with van der Waals surface area (Å²) in [6, 6.07) is 3.18. The lowest BCUT2D eigenvalue weighted by Gasteiger charge is -2.22. The first kappa shape index (κ1) is 18.4. The molecule has 1 atom stereocenters. The van der Waals surface area contributed by atoms with E-state index in [1.165, 1.54) is 0 Å². The van der Waals surface area contributed by atoms with E-state index < -0.39 is 0 Å². The Morgan fingerprint density at radius 3 is 2.36 bits per heavy atom. The minimum absolute atomic E-state index is 0.211. The highest BCUT2D eigenvalue weighted by atomic mass is 16.5. The van der Waals surface area contributed by atoms with Crippen LogP contribution in [0.2, 0.25) is 0 Å². The summed E-state index contributed by atoms with van der Waals surface area (Å²) in [4.78, 5) is 21.0. The number of aromatic amines is 1. The molecule has 8 heteroatoms. The highest BCUT2D eigenvalue weighted by molar-refractivity contribution is 5.74. The first-order valence-corrected chi connectivity index (χ1v) is 7.80. The van der Waals surface area contributed by atoms with Gasteiger partial charge in [-0.25, -0.2) is 9.78 Å². The zero-order valence-corrected chi connectivity index (χ0v) is 15.1. The van der Waals surface area contributed by atoms with Crippen LogP contribution in [-0.2, 0) is 6.54 Å². The summed E-state index contributed by atoms with van der Waals surface area (Å²) >= 11 is 0. The molecule has 0 aliphatic carbocycles. The molecule has 1 heterocycles. The number of imidazole rings is 1. The van der Waals surface area contributed by atoms with Gasteiger partial charge in [0.25, 0.3) is 0 Å². The van der Waals surface area contributed by atoms with E-state index in [4.69, 9.17) is 14.2 Å². The molecule has 2 amide bonds. The maximum Gasteiger partial charge on any atom is 0.318 e. The lowest BCUT2D eigenvalue weighted by atomic mass is 10.1. The van der Waals surface area contributed by atoms with E-state index in [1.54, 1.807) is 45.7 Å².